The summed E-state index contributed by atoms with van der Waals surface area (Å²) in [6, 6.07) is 17.2. The lowest BCUT2D eigenvalue weighted by atomic mass is 10.0. The number of carbonyl (C=O) groups is 1. The summed E-state index contributed by atoms with van der Waals surface area (Å²) in [6.45, 7) is 2.67. The molecule has 1 atom stereocenters. The largest absolute Gasteiger partial charge is 0.496 e. The van der Waals surface area contributed by atoms with E-state index in [9.17, 15) is 4.79 Å². The van der Waals surface area contributed by atoms with Crippen molar-refractivity contribution in [2.45, 2.75) is 12.5 Å². The molecule has 30 heavy (non-hydrogen) atoms. The lowest BCUT2D eigenvalue weighted by Gasteiger charge is -2.33. The number of carbonyl (C=O) groups excluding carboxylic acids is 1. The van der Waals surface area contributed by atoms with Gasteiger partial charge in [-0.2, -0.15) is 0 Å². The number of hydrogen-bond donors (Lipinski definition) is 1. The van der Waals surface area contributed by atoms with Gasteiger partial charge < -0.3 is 9.47 Å². The third kappa shape index (κ3) is 4.84. The fourth-order valence-corrected chi connectivity index (χ4v) is 4.33. The number of ether oxygens (including phenoxy) is 2. The molecule has 1 aliphatic rings. The number of para-hydroxylation sites is 1. The predicted octanol–water partition coefficient (Wildman–Crippen LogP) is 3.15. The second kappa shape index (κ2) is 9.80. The maximum absolute atomic E-state index is 13.2. The summed E-state index contributed by atoms with van der Waals surface area (Å²) in [5.41, 5.74) is 1.99. The first-order valence-electron chi connectivity index (χ1n) is 9.86. The molecule has 2 aromatic carbocycles. The first-order valence-corrected chi connectivity index (χ1v) is 10.7. The number of nitrogens with zero attached hydrogens (tertiary/aromatic N) is 3. The van der Waals surface area contributed by atoms with Crippen LogP contribution in [0.3, 0.4) is 0 Å². The van der Waals surface area contributed by atoms with Crippen LogP contribution in [0, 0.1) is 0 Å². The van der Waals surface area contributed by atoms with Gasteiger partial charge in [0.15, 0.2) is 0 Å². The number of hydrogen-bond acceptors (Lipinski definition) is 7. The SMILES string of the molecule is COc1ccccc1Cc1nnc(NC(=O)[C@@H](c2ccccc2)N2CCOCC2)s1. The van der Waals surface area contributed by atoms with Gasteiger partial charge in [-0.05, 0) is 11.6 Å². The van der Waals surface area contributed by atoms with Crippen LogP contribution >= 0.6 is 11.3 Å². The molecule has 1 fully saturated rings. The molecular formula is C22H24N4O3S. The third-order valence-corrected chi connectivity index (χ3v) is 5.84. The Labute approximate surface area is 179 Å². The van der Waals surface area contributed by atoms with Crippen molar-refractivity contribution in [1.29, 1.82) is 0 Å². The number of benzene rings is 2. The fourth-order valence-electron chi connectivity index (χ4n) is 3.56. The maximum atomic E-state index is 13.2. The van der Waals surface area contributed by atoms with Gasteiger partial charge in [0.25, 0.3) is 0 Å². The molecule has 0 spiro atoms. The van der Waals surface area contributed by atoms with Gasteiger partial charge >= 0.3 is 0 Å². The second-order valence-corrected chi connectivity index (χ2v) is 8.00. The number of aromatic nitrogens is 2. The van der Waals surface area contributed by atoms with Gasteiger partial charge in [-0.15, -0.1) is 10.2 Å². The van der Waals surface area contributed by atoms with E-state index < -0.39 is 6.04 Å². The Balaban J connectivity index is 1.49. The lowest BCUT2D eigenvalue weighted by Crippen LogP contribution is -2.43. The van der Waals surface area contributed by atoms with E-state index in [1.54, 1.807) is 7.11 Å². The molecule has 1 N–H and O–H groups in total. The highest BCUT2D eigenvalue weighted by Crippen LogP contribution is 2.27. The summed E-state index contributed by atoms with van der Waals surface area (Å²) < 4.78 is 10.9. The quantitative estimate of drug-likeness (QED) is 0.628. The van der Waals surface area contributed by atoms with E-state index >= 15 is 0 Å². The highest BCUT2D eigenvalue weighted by atomic mass is 32.1. The highest BCUT2D eigenvalue weighted by molar-refractivity contribution is 7.15. The summed E-state index contributed by atoms with van der Waals surface area (Å²) in [7, 11) is 1.65. The highest BCUT2D eigenvalue weighted by Gasteiger charge is 2.29. The van der Waals surface area contributed by atoms with Crippen molar-refractivity contribution in [1.82, 2.24) is 15.1 Å². The molecule has 2 heterocycles. The smallest absolute Gasteiger partial charge is 0.248 e. The molecule has 0 aliphatic carbocycles. The summed E-state index contributed by atoms with van der Waals surface area (Å²) in [5, 5.41) is 12.7. The molecule has 1 aliphatic heterocycles. The average Bonchev–Trinajstić information content (AvgIpc) is 3.22. The molecule has 156 valence electrons. The van der Waals surface area contributed by atoms with E-state index in [1.165, 1.54) is 11.3 Å². The zero-order valence-electron chi connectivity index (χ0n) is 16.8. The Morgan fingerprint density at radius 2 is 1.87 bits per heavy atom. The molecule has 0 radical (unpaired) electrons. The Morgan fingerprint density at radius 3 is 2.63 bits per heavy atom. The van der Waals surface area contributed by atoms with Crippen LogP contribution in [0.25, 0.3) is 0 Å². The van der Waals surface area contributed by atoms with Crippen molar-refractivity contribution in [2.24, 2.45) is 0 Å². The Kier molecular flexibility index (Phi) is 6.68. The summed E-state index contributed by atoms with van der Waals surface area (Å²) >= 11 is 1.38. The molecule has 1 amide bonds. The molecular weight excluding hydrogens is 400 g/mol. The Hall–Kier alpha value is -2.81. The van der Waals surface area contributed by atoms with E-state index in [-0.39, 0.29) is 5.91 Å². The van der Waals surface area contributed by atoms with Crippen molar-refractivity contribution >= 4 is 22.4 Å². The van der Waals surface area contributed by atoms with Gasteiger partial charge in [0.1, 0.15) is 16.8 Å². The summed E-state index contributed by atoms with van der Waals surface area (Å²) in [4.78, 5) is 15.3. The van der Waals surface area contributed by atoms with E-state index in [1.807, 2.05) is 54.6 Å². The predicted molar refractivity (Wildman–Crippen MR) is 116 cm³/mol. The molecule has 8 heteroatoms. The number of amides is 1. The summed E-state index contributed by atoms with van der Waals surface area (Å²) in [6.07, 6.45) is 0.600. The first-order chi connectivity index (χ1) is 14.7. The maximum Gasteiger partial charge on any atom is 0.248 e. The minimum atomic E-state index is -0.392. The van der Waals surface area contributed by atoms with Crippen LogP contribution < -0.4 is 10.1 Å². The minimum Gasteiger partial charge on any atom is -0.496 e. The zero-order valence-corrected chi connectivity index (χ0v) is 17.6. The van der Waals surface area contributed by atoms with Crippen LogP contribution in [0.15, 0.2) is 54.6 Å². The lowest BCUT2D eigenvalue weighted by molar-refractivity contribution is -0.123. The Bertz CT molecular complexity index is 973. The first kappa shape index (κ1) is 20.5. The molecule has 7 nitrogen and oxygen atoms in total. The molecule has 1 saturated heterocycles. The van der Waals surface area contributed by atoms with Gasteiger partial charge in [-0.25, -0.2) is 0 Å². The number of anilines is 1. The Morgan fingerprint density at radius 1 is 1.13 bits per heavy atom. The van der Waals surface area contributed by atoms with E-state index in [4.69, 9.17) is 9.47 Å². The second-order valence-electron chi connectivity index (χ2n) is 6.94. The molecule has 4 rings (SSSR count). The van der Waals surface area contributed by atoms with Crippen LogP contribution in [-0.4, -0.2) is 54.4 Å². The fraction of sp³-hybridized carbons (Fsp3) is 0.318. The third-order valence-electron chi connectivity index (χ3n) is 5.01. The molecule has 3 aromatic rings. The van der Waals surface area contributed by atoms with Crippen molar-refractivity contribution in [2.75, 3.05) is 38.7 Å². The molecule has 0 unspecified atom stereocenters. The standard InChI is InChI=1S/C22H24N4O3S/c1-28-18-10-6-5-9-17(18)15-19-24-25-22(30-19)23-21(27)20(16-7-3-2-4-8-16)26-11-13-29-14-12-26/h2-10,20H,11-15H2,1H3,(H,23,25,27)/t20-/m1/s1. The average molecular weight is 425 g/mol. The van der Waals surface area contributed by atoms with Gasteiger partial charge in [-0.1, -0.05) is 59.9 Å². The monoisotopic (exact) mass is 424 g/mol. The van der Waals surface area contributed by atoms with Crippen LogP contribution in [-0.2, 0) is 16.0 Å². The van der Waals surface area contributed by atoms with Crippen molar-refractivity contribution in [3.05, 3.63) is 70.7 Å². The van der Waals surface area contributed by atoms with Crippen LogP contribution in [0.4, 0.5) is 5.13 Å². The van der Waals surface area contributed by atoms with Gasteiger partial charge in [0, 0.05) is 25.1 Å². The van der Waals surface area contributed by atoms with Crippen LogP contribution in [0.2, 0.25) is 0 Å². The summed E-state index contributed by atoms with van der Waals surface area (Å²) in [5.74, 6) is 0.706. The van der Waals surface area contributed by atoms with Crippen LogP contribution in [0.1, 0.15) is 22.2 Å². The van der Waals surface area contributed by atoms with Gasteiger partial charge in [0.2, 0.25) is 11.0 Å². The van der Waals surface area contributed by atoms with E-state index in [2.05, 4.69) is 20.4 Å². The number of rotatable bonds is 7. The van der Waals surface area contributed by atoms with E-state index in [0.717, 1.165) is 21.9 Å². The van der Waals surface area contributed by atoms with Crippen molar-refractivity contribution < 1.29 is 14.3 Å². The number of methoxy groups -OCH3 is 1. The van der Waals surface area contributed by atoms with Crippen LogP contribution in [0.5, 0.6) is 5.75 Å². The normalized spacial score (nSPS) is 15.5. The van der Waals surface area contributed by atoms with Crippen molar-refractivity contribution in [3.63, 3.8) is 0 Å². The molecule has 0 saturated carbocycles. The molecule has 0 bridgehead atoms. The topological polar surface area (TPSA) is 76.6 Å². The number of morpholine rings is 1. The van der Waals surface area contributed by atoms with Gasteiger partial charge in [0.05, 0.1) is 20.3 Å². The van der Waals surface area contributed by atoms with E-state index in [0.29, 0.717) is 37.9 Å². The van der Waals surface area contributed by atoms with Crippen molar-refractivity contribution in [3.8, 4) is 5.75 Å². The molecule has 1 aromatic heterocycles. The zero-order chi connectivity index (χ0) is 20.8. The minimum absolute atomic E-state index is 0.108. The van der Waals surface area contributed by atoms with Gasteiger partial charge in [-0.3, -0.25) is 15.0 Å². The number of nitrogens with one attached hydrogen (secondary N) is 1.